The molecule has 5 nitrogen and oxygen atoms in total. The minimum atomic E-state index is -1.07. The first-order valence-corrected chi connectivity index (χ1v) is 7.18. The van der Waals surface area contributed by atoms with Crippen LogP contribution in [0.1, 0.15) is 34.4 Å². The maximum atomic E-state index is 12.2. The van der Waals surface area contributed by atoms with Gasteiger partial charge in [-0.1, -0.05) is 37.3 Å². The van der Waals surface area contributed by atoms with Crippen LogP contribution in [0.25, 0.3) is 0 Å². The summed E-state index contributed by atoms with van der Waals surface area (Å²) in [7, 11) is 0. The van der Waals surface area contributed by atoms with Crippen molar-refractivity contribution in [2.75, 3.05) is 0 Å². The molecule has 1 amide bonds. The number of hydrogen-bond donors (Lipinski definition) is 2. The van der Waals surface area contributed by atoms with Crippen molar-refractivity contribution in [3.05, 3.63) is 59.0 Å². The molecule has 0 fully saturated rings. The predicted octanol–water partition coefficient (Wildman–Crippen LogP) is 2.58. The molecule has 1 atom stereocenters. The first-order chi connectivity index (χ1) is 10.5. The Morgan fingerprint density at radius 1 is 1.27 bits per heavy atom. The van der Waals surface area contributed by atoms with Gasteiger partial charge in [0.2, 0.25) is 0 Å². The highest BCUT2D eigenvalue weighted by molar-refractivity contribution is 5.94. The second kappa shape index (κ2) is 6.93. The van der Waals surface area contributed by atoms with E-state index in [1.807, 2.05) is 44.2 Å². The number of aliphatic carboxylic acids is 1. The molecule has 22 heavy (non-hydrogen) atoms. The number of nitrogens with one attached hydrogen (secondary N) is 1. The summed E-state index contributed by atoms with van der Waals surface area (Å²) in [6.07, 6.45) is 0.910. The first kappa shape index (κ1) is 15.8. The fraction of sp³-hybridized carbons (Fsp3) is 0.294. The molecule has 1 aromatic carbocycles. The van der Waals surface area contributed by atoms with E-state index in [1.165, 1.54) is 0 Å². The van der Waals surface area contributed by atoms with Crippen LogP contribution in [0.15, 0.2) is 40.8 Å². The van der Waals surface area contributed by atoms with Crippen molar-refractivity contribution >= 4 is 11.9 Å². The van der Waals surface area contributed by atoms with Gasteiger partial charge in [0.1, 0.15) is 11.8 Å². The smallest absolute Gasteiger partial charge is 0.326 e. The molecule has 0 aliphatic heterocycles. The number of rotatable bonds is 6. The van der Waals surface area contributed by atoms with Crippen LogP contribution in [0.2, 0.25) is 0 Å². The second-order valence-corrected chi connectivity index (χ2v) is 5.12. The number of carbonyl (C=O) groups excluding carboxylic acids is 1. The van der Waals surface area contributed by atoms with Crippen LogP contribution < -0.4 is 5.32 Å². The Hall–Kier alpha value is -2.56. The lowest BCUT2D eigenvalue weighted by molar-refractivity contribution is -0.139. The van der Waals surface area contributed by atoms with Crippen LogP contribution in [0.3, 0.4) is 0 Å². The summed E-state index contributed by atoms with van der Waals surface area (Å²) in [5.41, 5.74) is 1.74. The Bertz CT molecular complexity index is 661. The molecule has 0 aliphatic rings. The first-order valence-electron chi connectivity index (χ1n) is 7.18. The Morgan fingerprint density at radius 2 is 1.95 bits per heavy atom. The van der Waals surface area contributed by atoms with E-state index in [0.29, 0.717) is 6.42 Å². The summed E-state index contributed by atoms with van der Waals surface area (Å²) in [5.74, 6) is -0.698. The lowest BCUT2D eigenvalue weighted by Crippen LogP contribution is -2.42. The quantitative estimate of drug-likeness (QED) is 0.859. The molecular formula is C17H19NO4. The molecule has 0 bridgehead atoms. The number of benzene rings is 1. The average molecular weight is 301 g/mol. The van der Waals surface area contributed by atoms with Crippen LogP contribution in [-0.2, 0) is 17.6 Å². The normalized spacial score (nSPS) is 11.9. The molecule has 0 radical (unpaired) electrons. The van der Waals surface area contributed by atoms with Gasteiger partial charge >= 0.3 is 5.97 Å². The maximum Gasteiger partial charge on any atom is 0.326 e. The molecule has 0 saturated carbocycles. The third-order valence-electron chi connectivity index (χ3n) is 3.45. The van der Waals surface area contributed by atoms with Gasteiger partial charge in [-0.2, -0.15) is 0 Å². The Balaban J connectivity index is 2.10. The zero-order valence-electron chi connectivity index (χ0n) is 12.6. The highest BCUT2D eigenvalue weighted by Crippen LogP contribution is 2.15. The number of carbonyl (C=O) groups is 2. The van der Waals surface area contributed by atoms with E-state index < -0.39 is 17.9 Å². The SMILES string of the molecule is CCc1oc(C(=O)NC(Cc2ccccc2)C(=O)O)cc1C. The van der Waals surface area contributed by atoms with Crippen LogP contribution in [-0.4, -0.2) is 23.0 Å². The largest absolute Gasteiger partial charge is 0.480 e. The monoisotopic (exact) mass is 301 g/mol. The van der Waals surface area contributed by atoms with Crippen LogP contribution >= 0.6 is 0 Å². The van der Waals surface area contributed by atoms with Crippen LogP contribution in [0.5, 0.6) is 0 Å². The summed E-state index contributed by atoms with van der Waals surface area (Å²) in [6, 6.07) is 9.82. The highest BCUT2D eigenvalue weighted by Gasteiger charge is 2.23. The second-order valence-electron chi connectivity index (χ2n) is 5.12. The van der Waals surface area contributed by atoms with E-state index >= 15 is 0 Å². The van der Waals surface area contributed by atoms with Gasteiger partial charge in [-0.05, 0) is 24.1 Å². The average Bonchev–Trinajstić information content (AvgIpc) is 2.88. The van der Waals surface area contributed by atoms with Gasteiger partial charge in [0.25, 0.3) is 5.91 Å². The van der Waals surface area contributed by atoms with Crippen molar-refractivity contribution in [2.45, 2.75) is 32.7 Å². The third kappa shape index (κ3) is 3.75. The fourth-order valence-electron chi connectivity index (χ4n) is 2.26. The topological polar surface area (TPSA) is 79.5 Å². The minimum Gasteiger partial charge on any atom is -0.480 e. The van der Waals surface area contributed by atoms with Crippen LogP contribution in [0.4, 0.5) is 0 Å². The summed E-state index contributed by atoms with van der Waals surface area (Å²) in [6.45, 7) is 3.79. The standard InChI is InChI=1S/C17H19NO4/c1-3-14-11(2)9-15(22-14)16(19)18-13(17(20)21)10-12-7-5-4-6-8-12/h4-9,13H,3,10H2,1-2H3,(H,18,19)(H,20,21). The van der Waals surface area contributed by atoms with Gasteiger partial charge in [-0.25, -0.2) is 4.79 Å². The number of carboxylic acid groups (broad SMARTS) is 1. The van der Waals surface area contributed by atoms with Crippen molar-refractivity contribution in [2.24, 2.45) is 0 Å². The molecule has 5 heteroatoms. The lowest BCUT2D eigenvalue weighted by Gasteiger charge is -2.13. The molecule has 0 saturated heterocycles. The molecule has 2 N–H and O–H groups in total. The van der Waals surface area contributed by atoms with Crippen molar-refractivity contribution in [1.82, 2.24) is 5.32 Å². The van der Waals surface area contributed by atoms with Gasteiger partial charge in [0, 0.05) is 12.8 Å². The van der Waals surface area contributed by atoms with E-state index in [4.69, 9.17) is 4.42 Å². The molecule has 2 rings (SSSR count). The summed E-state index contributed by atoms with van der Waals surface area (Å²) in [5, 5.41) is 11.8. The number of hydrogen-bond acceptors (Lipinski definition) is 3. The van der Waals surface area contributed by atoms with Crippen molar-refractivity contribution < 1.29 is 19.1 Å². The molecule has 0 spiro atoms. The van der Waals surface area contributed by atoms with Gasteiger partial charge in [-0.15, -0.1) is 0 Å². The number of carboxylic acids is 1. The summed E-state index contributed by atoms with van der Waals surface area (Å²) in [4.78, 5) is 23.5. The van der Waals surface area contributed by atoms with Gasteiger partial charge in [-0.3, -0.25) is 4.79 Å². The third-order valence-corrected chi connectivity index (χ3v) is 3.45. The number of aryl methyl sites for hydroxylation is 2. The molecular weight excluding hydrogens is 282 g/mol. The van der Waals surface area contributed by atoms with E-state index in [0.717, 1.165) is 16.9 Å². The van der Waals surface area contributed by atoms with E-state index in [-0.39, 0.29) is 12.2 Å². The van der Waals surface area contributed by atoms with Crippen LogP contribution in [0, 0.1) is 6.92 Å². The molecule has 2 aromatic rings. The van der Waals surface area contributed by atoms with E-state index in [2.05, 4.69) is 5.32 Å². The van der Waals surface area contributed by atoms with Gasteiger partial charge in [0.05, 0.1) is 0 Å². The predicted molar refractivity (Wildman–Crippen MR) is 81.9 cm³/mol. The van der Waals surface area contributed by atoms with E-state index in [1.54, 1.807) is 6.07 Å². The number of furan rings is 1. The lowest BCUT2D eigenvalue weighted by atomic mass is 10.1. The van der Waals surface area contributed by atoms with Gasteiger partial charge < -0.3 is 14.8 Å². The van der Waals surface area contributed by atoms with Gasteiger partial charge in [0.15, 0.2) is 5.76 Å². The van der Waals surface area contributed by atoms with Crippen molar-refractivity contribution in [3.63, 3.8) is 0 Å². The zero-order valence-corrected chi connectivity index (χ0v) is 12.6. The Morgan fingerprint density at radius 3 is 2.50 bits per heavy atom. The summed E-state index contributed by atoms with van der Waals surface area (Å²) >= 11 is 0. The number of amides is 1. The Labute approximate surface area is 129 Å². The molecule has 1 heterocycles. The maximum absolute atomic E-state index is 12.2. The minimum absolute atomic E-state index is 0.147. The molecule has 1 unspecified atom stereocenters. The Kier molecular flexibility index (Phi) is 4.99. The zero-order chi connectivity index (χ0) is 16.1. The van der Waals surface area contributed by atoms with E-state index in [9.17, 15) is 14.7 Å². The molecule has 1 aromatic heterocycles. The van der Waals surface area contributed by atoms with Crippen molar-refractivity contribution in [3.8, 4) is 0 Å². The van der Waals surface area contributed by atoms with Crippen molar-refractivity contribution in [1.29, 1.82) is 0 Å². The summed E-state index contributed by atoms with van der Waals surface area (Å²) < 4.78 is 5.45. The fourth-order valence-corrected chi connectivity index (χ4v) is 2.26. The highest BCUT2D eigenvalue weighted by atomic mass is 16.4. The molecule has 116 valence electrons. The molecule has 0 aliphatic carbocycles.